The van der Waals surface area contributed by atoms with Gasteiger partial charge in [0.25, 0.3) is 5.56 Å². The summed E-state index contributed by atoms with van der Waals surface area (Å²) in [6, 6.07) is 9.58. The first kappa shape index (κ1) is 25.8. The highest BCUT2D eigenvalue weighted by atomic mass is 35.5. The van der Waals surface area contributed by atoms with Gasteiger partial charge in [-0.25, -0.2) is 4.98 Å². The Bertz CT molecular complexity index is 1150. The molecule has 1 atom stereocenters. The first-order valence-corrected chi connectivity index (χ1v) is 12.4. The van der Waals surface area contributed by atoms with Gasteiger partial charge < -0.3 is 10.2 Å². The van der Waals surface area contributed by atoms with E-state index in [-0.39, 0.29) is 11.6 Å². The molecule has 1 aliphatic heterocycles. The Labute approximate surface area is 207 Å². The second-order valence-corrected chi connectivity index (χ2v) is 8.92. The third kappa shape index (κ3) is 5.99. The molecule has 1 N–H and O–H groups in total. The maximum atomic E-state index is 13.0. The third-order valence-corrected chi connectivity index (χ3v) is 6.29. The highest BCUT2D eigenvalue weighted by Gasteiger charge is 2.26. The quantitative estimate of drug-likeness (QED) is 0.321. The summed E-state index contributed by atoms with van der Waals surface area (Å²) in [6.07, 6.45) is 11.2. The molecule has 0 radical (unpaired) electrons. The van der Waals surface area contributed by atoms with Crippen molar-refractivity contribution in [3.63, 3.8) is 0 Å². The average molecular weight is 482 g/mol. The van der Waals surface area contributed by atoms with Gasteiger partial charge in [-0.2, -0.15) is 0 Å². The number of nitrogens with zero attached hydrogens (tertiary/aromatic N) is 4. The van der Waals surface area contributed by atoms with Crippen molar-refractivity contribution in [2.75, 3.05) is 25.0 Å². The first-order valence-electron chi connectivity index (χ1n) is 12.1. The van der Waals surface area contributed by atoms with Crippen molar-refractivity contribution in [3.05, 3.63) is 77.2 Å². The number of aryl methyl sites for hydroxylation is 1. The first-order chi connectivity index (χ1) is 16.5. The summed E-state index contributed by atoms with van der Waals surface area (Å²) in [5.74, 6) is 1.65. The Morgan fingerprint density at radius 2 is 2.00 bits per heavy atom. The zero-order valence-corrected chi connectivity index (χ0v) is 21.1. The van der Waals surface area contributed by atoms with E-state index < -0.39 is 0 Å². The lowest BCUT2D eigenvalue weighted by atomic mass is 10.2. The number of imidazole rings is 1. The fourth-order valence-electron chi connectivity index (χ4n) is 4.28. The zero-order chi connectivity index (χ0) is 24.5. The van der Waals surface area contributed by atoms with Crippen molar-refractivity contribution in [1.29, 1.82) is 0 Å². The van der Waals surface area contributed by atoms with Crippen LogP contribution in [-0.2, 0) is 6.54 Å². The monoisotopic (exact) mass is 481 g/mol. The molecule has 0 aliphatic carbocycles. The number of halogens is 1. The van der Waals surface area contributed by atoms with Crippen LogP contribution in [0.5, 0.6) is 0 Å². The lowest BCUT2D eigenvalue weighted by Crippen LogP contribution is -2.33. The number of fused-ring (bicyclic) bond motifs is 1. The molecule has 0 bridgehead atoms. The molecular formula is C27H36ClN5O. The van der Waals surface area contributed by atoms with Crippen LogP contribution in [0.3, 0.4) is 0 Å². The van der Waals surface area contributed by atoms with Crippen molar-refractivity contribution in [3.8, 4) is 11.3 Å². The minimum absolute atomic E-state index is 0.0517. The minimum Gasteiger partial charge on any atom is -0.351 e. The Hall–Kier alpha value is -2.83. The number of rotatable bonds is 9. The summed E-state index contributed by atoms with van der Waals surface area (Å²) in [5.41, 5.74) is 1.68. The van der Waals surface area contributed by atoms with Crippen LogP contribution in [0.25, 0.3) is 17.0 Å². The van der Waals surface area contributed by atoms with Crippen molar-refractivity contribution >= 4 is 23.2 Å². The predicted molar refractivity (Wildman–Crippen MR) is 144 cm³/mol. The zero-order valence-electron chi connectivity index (χ0n) is 20.3. The normalized spacial score (nSPS) is 15.3. The molecule has 34 heavy (non-hydrogen) atoms. The van der Waals surface area contributed by atoms with Gasteiger partial charge in [0.2, 0.25) is 5.78 Å². The number of aromatic nitrogens is 3. The van der Waals surface area contributed by atoms with E-state index >= 15 is 0 Å². The second-order valence-electron chi connectivity index (χ2n) is 8.49. The van der Waals surface area contributed by atoms with Crippen LogP contribution < -0.4 is 15.8 Å². The van der Waals surface area contributed by atoms with Crippen LogP contribution >= 0.6 is 11.6 Å². The van der Waals surface area contributed by atoms with Crippen LogP contribution in [0.4, 0.5) is 5.82 Å². The number of benzene rings is 1. The fraction of sp³-hybridized carbons (Fsp3) is 0.407. The van der Waals surface area contributed by atoms with E-state index in [4.69, 9.17) is 16.6 Å². The van der Waals surface area contributed by atoms with Crippen LogP contribution in [0.2, 0.25) is 5.02 Å². The van der Waals surface area contributed by atoms with E-state index in [1.807, 2.05) is 49.7 Å². The maximum absolute atomic E-state index is 13.0. The van der Waals surface area contributed by atoms with Crippen molar-refractivity contribution in [2.24, 2.45) is 0 Å². The van der Waals surface area contributed by atoms with Gasteiger partial charge in [0.05, 0.1) is 5.69 Å². The predicted octanol–water partition coefficient (Wildman–Crippen LogP) is 5.55. The lowest BCUT2D eigenvalue weighted by Gasteiger charge is -2.28. The highest BCUT2D eigenvalue weighted by molar-refractivity contribution is 6.30. The number of hydrogen-bond acceptors (Lipinski definition) is 4. The lowest BCUT2D eigenvalue weighted by molar-refractivity contribution is 0.592. The van der Waals surface area contributed by atoms with Crippen LogP contribution in [0, 0.1) is 0 Å². The molecule has 7 heteroatoms. The Morgan fingerprint density at radius 1 is 1.24 bits per heavy atom. The Balaban J connectivity index is 0.000000588. The van der Waals surface area contributed by atoms with Gasteiger partial charge in [0.1, 0.15) is 5.82 Å². The second kappa shape index (κ2) is 12.6. The molecular weight excluding hydrogens is 446 g/mol. The van der Waals surface area contributed by atoms with E-state index in [0.29, 0.717) is 10.8 Å². The number of unbranched alkanes of at least 4 members (excludes halogenated alkanes) is 2. The van der Waals surface area contributed by atoms with E-state index in [0.717, 1.165) is 68.8 Å². The molecule has 1 saturated heterocycles. The van der Waals surface area contributed by atoms with Gasteiger partial charge in [0.15, 0.2) is 0 Å². The van der Waals surface area contributed by atoms with Gasteiger partial charge in [-0.1, -0.05) is 55.7 Å². The molecule has 0 saturated carbocycles. The largest absolute Gasteiger partial charge is 0.351 e. The van der Waals surface area contributed by atoms with Gasteiger partial charge in [-0.05, 0) is 38.4 Å². The molecule has 2 aromatic heterocycles. The summed E-state index contributed by atoms with van der Waals surface area (Å²) in [5, 5.41) is 3.58. The molecule has 1 aromatic carbocycles. The van der Waals surface area contributed by atoms with E-state index in [1.165, 1.54) is 0 Å². The molecule has 1 fully saturated rings. The Morgan fingerprint density at radius 3 is 2.62 bits per heavy atom. The van der Waals surface area contributed by atoms with Gasteiger partial charge in [-0.3, -0.25) is 13.8 Å². The van der Waals surface area contributed by atoms with Crippen molar-refractivity contribution in [2.45, 2.75) is 51.6 Å². The molecule has 6 nitrogen and oxygen atoms in total. The fourth-order valence-corrected chi connectivity index (χ4v) is 4.41. The van der Waals surface area contributed by atoms with Crippen LogP contribution in [0.15, 0.2) is 66.6 Å². The topological polar surface area (TPSA) is 54.6 Å². The summed E-state index contributed by atoms with van der Waals surface area (Å²) in [7, 11) is 1.89. The molecule has 1 aliphatic rings. The number of hydrogen-bond donors (Lipinski definition) is 1. The van der Waals surface area contributed by atoms with Gasteiger partial charge in [-0.15, -0.1) is 13.2 Å². The van der Waals surface area contributed by atoms with E-state index in [2.05, 4.69) is 34.9 Å². The summed E-state index contributed by atoms with van der Waals surface area (Å²) >= 11 is 6.03. The van der Waals surface area contributed by atoms with Gasteiger partial charge >= 0.3 is 0 Å². The van der Waals surface area contributed by atoms with Crippen LogP contribution in [0.1, 0.15) is 39.0 Å². The van der Waals surface area contributed by atoms with Crippen molar-refractivity contribution < 1.29 is 0 Å². The summed E-state index contributed by atoms with van der Waals surface area (Å²) in [4.78, 5) is 20.1. The molecule has 4 rings (SSSR count). The number of nitrogens with one attached hydrogen (secondary N) is 1. The summed E-state index contributed by atoms with van der Waals surface area (Å²) in [6.45, 7) is 12.4. The van der Waals surface area contributed by atoms with E-state index in [1.54, 1.807) is 10.5 Å². The Kier molecular flexibility index (Phi) is 9.54. The number of anilines is 1. The molecule has 3 aromatic rings. The third-order valence-electron chi connectivity index (χ3n) is 6.03. The molecule has 182 valence electrons. The maximum Gasteiger partial charge on any atom is 0.261 e. The smallest absolute Gasteiger partial charge is 0.261 e. The minimum atomic E-state index is -0.0517. The molecule has 3 heterocycles. The standard InChI is InChI=1S/C23H27ClN4O.C4H9N/c1-3-5-6-13-27-21(26-14-7-8-19(26)4-2)15-22(29)28-16-20(25-23(27)28)17-9-11-18(24)12-10-17;1-3-4-5-2/h4,9-12,15-16,19H,2-3,5-8,13-14H2,1H3;3,5H,1,4H2,2H3. The van der Waals surface area contributed by atoms with E-state index in [9.17, 15) is 4.79 Å². The van der Waals surface area contributed by atoms with Gasteiger partial charge in [0, 0.05) is 48.5 Å². The average Bonchev–Trinajstić information content (AvgIpc) is 3.50. The highest BCUT2D eigenvalue weighted by Crippen LogP contribution is 2.28. The summed E-state index contributed by atoms with van der Waals surface area (Å²) < 4.78 is 3.87. The van der Waals surface area contributed by atoms with Crippen molar-refractivity contribution in [1.82, 2.24) is 19.3 Å². The molecule has 1 unspecified atom stereocenters. The molecule has 0 spiro atoms. The SMILES string of the molecule is C=CC1CCCN1c1cc(=O)n2cc(-c3ccc(Cl)cc3)nc2n1CCCCC.C=CCNC. The number of likely N-dealkylation sites (N-methyl/N-ethyl adjacent to an activating group) is 1. The molecule has 0 amide bonds. The van der Waals surface area contributed by atoms with Crippen LogP contribution in [-0.4, -0.2) is 40.1 Å².